The number of nitrogens with two attached hydrogens (primary N) is 1. The van der Waals surface area contributed by atoms with Gasteiger partial charge in [0, 0.05) is 25.6 Å². The molecule has 2 N–H and O–H groups in total. The SMILES string of the molecule is Cc1ccccc1OCCCC(=O)N1CCC(N)CC1. The van der Waals surface area contributed by atoms with Crippen molar-refractivity contribution in [3.05, 3.63) is 29.8 Å². The third-order valence-electron chi connectivity index (χ3n) is 3.78. The summed E-state index contributed by atoms with van der Waals surface area (Å²) in [6.45, 7) is 4.22. The molecule has 1 fully saturated rings. The molecular formula is C16H24N2O2. The molecule has 0 unspecified atom stereocenters. The van der Waals surface area contributed by atoms with Gasteiger partial charge in [0.1, 0.15) is 5.75 Å². The number of carbonyl (C=O) groups is 1. The van der Waals surface area contributed by atoms with E-state index in [9.17, 15) is 4.79 Å². The molecule has 1 aromatic carbocycles. The number of para-hydroxylation sites is 1. The summed E-state index contributed by atoms with van der Waals surface area (Å²) in [6.07, 6.45) is 3.16. The summed E-state index contributed by atoms with van der Waals surface area (Å²) in [5.74, 6) is 1.13. The monoisotopic (exact) mass is 276 g/mol. The van der Waals surface area contributed by atoms with Gasteiger partial charge in [-0.1, -0.05) is 18.2 Å². The Bertz CT molecular complexity index is 440. The van der Waals surface area contributed by atoms with Gasteiger partial charge in [-0.3, -0.25) is 4.79 Å². The van der Waals surface area contributed by atoms with Crippen LogP contribution in [0.4, 0.5) is 0 Å². The number of likely N-dealkylation sites (tertiary alicyclic amines) is 1. The van der Waals surface area contributed by atoms with Crippen molar-refractivity contribution in [3.8, 4) is 5.75 Å². The van der Waals surface area contributed by atoms with Crippen molar-refractivity contribution < 1.29 is 9.53 Å². The van der Waals surface area contributed by atoms with E-state index in [1.807, 2.05) is 36.1 Å². The van der Waals surface area contributed by atoms with Crippen molar-refractivity contribution in [2.24, 2.45) is 5.73 Å². The zero-order valence-corrected chi connectivity index (χ0v) is 12.2. The minimum Gasteiger partial charge on any atom is -0.493 e. The van der Waals surface area contributed by atoms with Gasteiger partial charge in [0.05, 0.1) is 6.61 Å². The van der Waals surface area contributed by atoms with Gasteiger partial charge in [-0.05, 0) is 37.8 Å². The zero-order valence-electron chi connectivity index (χ0n) is 12.2. The van der Waals surface area contributed by atoms with E-state index in [1.54, 1.807) is 0 Å². The van der Waals surface area contributed by atoms with Crippen LogP contribution >= 0.6 is 0 Å². The normalized spacial score (nSPS) is 16.2. The first-order chi connectivity index (χ1) is 9.66. The summed E-state index contributed by atoms with van der Waals surface area (Å²) in [5.41, 5.74) is 6.97. The predicted molar refractivity (Wildman–Crippen MR) is 79.7 cm³/mol. The molecular weight excluding hydrogens is 252 g/mol. The minimum atomic E-state index is 0.227. The molecule has 0 atom stereocenters. The summed E-state index contributed by atoms with van der Waals surface area (Å²) in [6, 6.07) is 8.21. The molecule has 1 aromatic rings. The van der Waals surface area contributed by atoms with Crippen LogP contribution in [0, 0.1) is 6.92 Å². The lowest BCUT2D eigenvalue weighted by molar-refractivity contribution is -0.132. The molecule has 110 valence electrons. The molecule has 0 radical (unpaired) electrons. The summed E-state index contributed by atoms with van der Waals surface area (Å²) < 4.78 is 5.70. The number of rotatable bonds is 5. The van der Waals surface area contributed by atoms with Gasteiger partial charge in [0.2, 0.25) is 5.91 Å². The number of amides is 1. The van der Waals surface area contributed by atoms with Crippen molar-refractivity contribution in [3.63, 3.8) is 0 Å². The van der Waals surface area contributed by atoms with E-state index in [4.69, 9.17) is 10.5 Å². The Hall–Kier alpha value is -1.55. The van der Waals surface area contributed by atoms with Crippen molar-refractivity contribution in [1.82, 2.24) is 4.90 Å². The maximum atomic E-state index is 12.0. The first-order valence-corrected chi connectivity index (χ1v) is 7.38. The first kappa shape index (κ1) is 14.9. The fourth-order valence-corrected chi connectivity index (χ4v) is 2.43. The average molecular weight is 276 g/mol. The largest absolute Gasteiger partial charge is 0.493 e. The van der Waals surface area contributed by atoms with Gasteiger partial charge in [0.15, 0.2) is 0 Å². The maximum Gasteiger partial charge on any atom is 0.222 e. The highest BCUT2D eigenvalue weighted by Gasteiger charge is 2.19. The average Bonchev–Trinajstić information content (AvgIpc) is 2.46. The Balaban J connectivity index is 1.66. The number of nitrogens with zero attached hydrogens (tertiary/aromatic N) is 1. The van der Waals surface area contributed by atoms with Crippen LogP contribution in [0.3, 0.4) is 0 Å². The molecule has 0 spiro atoms. The molecule has 2 rings (SSSR count). The van der Waals surface area contributed by atoms with Crippen molar-refractivity contribution >= 4 is 5.91 Å². The van der Waals surface area contributed by atoms with E-state index in [-0.39, 0.29) is 11.9 Å². The van der Waals surface area contributed by atoms with Crippen LogP contribution in [0.1, 0.15) is 31.2 Å². The number of carbonyl (C=O) groups excluding carboxylic acids is 1. The van der Waals surface area contributed by atoms with Crippen LogP contribution in [-0.4, -0.2) is 36.5 Å². The Morgan fingerprint density at radius 1 is 1.35 bits per heavy atom. The molecule has 0 aromatic heterocycles. The lowest BCUT2D eigenvalue weighted by atomic mass is 10.1. The predicted octanol–water partition coefficient (Wildman–Crippen LogP) is 2.10. The van der Waals surface area contributed by atoms with Crippen LogP contribution in [0.15, 0.2) is 24.3 Å². The van der Waals surface area contributed by atoms with Gasteiger partial charge in [-0.25, -0.2) is 0 Å². The van der Waals surface area contributed by atoms with Crippen molar-refractivity contribution in [1.29, 1.82) is 0 Å². The molecule has 0 bridgehead atoms. The summed E-state index contributed by atoms with van der Waals surface area (Å²) in [4.78, 5) is 13.9. The van der Waals surface area contributed by atoms with Crippen molar-refractivity contribution in [2.75, 3.05) is 19.7 Å². The van der Waals surface area contributed by atoms with E-state index in [2.05, 4.69) is 0 Å². The van der Waals surface area contributed by atoms with Crippen LogP contribution in [0.5, 0.6) is 5.75 Å². The van der Waals surface area contributed by atoms with Gasteiger partial charge >= 0.3 is 0 Å². The first-order valence-electron chi connectivity index (χ1n) is 7.38. The standard InChI is InChI=1S/C16H24N2O2/c1-13-5-2-3-6-15(13)20-12-4-7-16(19)18-10-8-14(17)9-11-18/h2-3,5-6,14H,4,7-12,17H2,1H3. The molecule has 1 heterocycles. The van der Waals surface area contributed by atoms with E-state index in [0.717, 1.165) is 43.7 Å². The quantitative estimate of drug-likeness (QED) is 0.838. The number of benzene rings is 1. The Labute approximate surface area is 120 Å². The van der Waals surface area contributed by atoms with Crippen LogP contribution in [0.2, 0.25) is 0 Å². The molecule has 1 aliphatic rings. The third-order valence-corrected chi connectivity index (χ3v) is 3.78. The number of piperidine rings is 1. The molecule has 4 nitrogen and oxygen atoms in total. The van der Waals surface area contributed by atoms with Crippen LogP contribution in [-0.2, 0) is 4.79 Å². The smallest absolute Gasteiger partial charge is 0.222 e. The second kappa shape index (κ2) is 7.29. The minimum absolute atomic E-state index is 0.227. The highest BCUT2D eigenvalue weighted by molar-refractivity contribution is 5.76. The Morgan fingerprint density at radius 2 is 2.05 bits per heavy atom. The molecule has 0 aliphatic carbocycles. The summed E-state index contributed by atoms with van der Waals surface area (Å²) in [5, 5.41) is 0. The third kappa shape index (κ3) is 4.23. The molecule has 20 heavy (non-hydrogen) atoms. The van der Waals surface area contributed by atoms with E-state index < -0.39 is 0 Å². The van der Waals surface area contributed by atoms with E-state index in [0.29, 0.717) is 13.0 Å². The lowest BCUT2D eigenvalue weighted by Crippen LogP contribution is -2.42. The van der Waals surface area contributed by atoms with Gasteiger partial charge < -0.3 is 15.4 Å². The summed E-state index contributed by atoms with van der Waals surface area (Å²) >= 11 is 0. The Morgan fingerprint density at radius 3 is 2.75 bits per heavy atom. The second-order valence-corrected chi connectivity index (χ2v) is 5.44. The topological polar surface area (TPSA) is 55.6 Å². The zero-order chi connectivity index (χ0) is 14.4. The molecule has 4 heteroatoms. The number of hydrogen-bond acceptors (Lipinski definition) is 3. The fourth-order valence-electron chi connectivity index (χ4n) is 2.43. The van der Waals surface area contributed by atoms with Gasteiger partial charge in [-0.2, -0.15) is 0 Å². The molecule has 1 saturated heterocycles. The molecule has 0 saturated carbocycles. The number of aryl methyl sites for hydroxylation is 1. The molecule has 1 aliphatic heterocycles. The summed E-state index contributed by atoms with van der Waals surface area (Å²) in [7, 11) is 0. The highest BCUT2D eigenvalue weighted by Crippen LogP contribution is 2.16. The number of ether oxygens (including phenoxy) is 1. The van der Waals surface area contributed by atoms with Crippen LogP contribution in [0.25, 0.3) is 0 Å². The van der Waals surface area contributed by atoms with Crippen molar-refractivity contribution in [2.45, 2.75) is 38.6 Å². The second-order valence-electron chi connectivity index (χ2n) is 5.44. The molecule has 1 amide bonds. The van der Waals surface area contributed by atoms with E-state index >= 15 is 0 Å². The lowest BCUT2D eigenvalue weighted by Gasteiger charge is -2.30. The Kier molecular flexibility index (Phi) is 5.41. The highest BCUT2D eigenvalue weighted by atomic mass is 16.5. The number of hydrogen-bond donors (Lipinski definition) is 1. The van der Waals surface area contributed by atoms with Gasteiger partial charge in [0.25, 0.3) is 0 Å². The maximum absolute atomic E-state index is 12.0. The van der Waals surface area contributed by atoms with E-state index in [1.165, 1.54) is 0 Å². The van der Waals surface area contributed by atoms with Crippen LogP contribution < -0.4 is 10.5 Å². The van der Waals surface area contributed by atoms with Gasteiger partial charge in [-0.15, -0.1) is 0 Å². The fraction of sp³-hybridized carbons (Fsp3) is 0.562.